The molecule has 0 spiro atoms. The lowest BCUT2D eigenvalue weighted by Gasteiger charge is -2.32. The molecule has 1 fully saturated rings. The maximum atomic E-state index is 11.7. The Kier molecular flexibility index (Phi) is 5.78. The van der Waals surface area contributed by atoms with Gasteiger partial charge in [0, 0.05) is 32.3 Å². The molecule has 2 heterocycles. The van der Waals surface area contributed by atoms with Crippen LogP contribution in [-0.4, -0.2) is 42.6 Å². The largest absolute Gasteiger partial charge is 0.467 e. The fraction of sp³-hybridized carbons (Fsp3) is 0.667. The molecule has 116 valence electrons. The predicted molar refractivity (Wildman–Crippen MR) is 81.4 cm³/mol. The molecule has 6 nitrogen and oxygen atoms in total. The molecule has 1 aromatic rings. The van der Waals surface area contributed by atoms with Crippen LogP contribution in [0, 0.1) is 5.92 Å². The SMILES string of the molecule is CCCNC(=O)CC1CCN(c2ccnc(OC)n2)CC1. The third-order valence-corrected chi connectivity index (χ3v) is 3.79. The number of hydrogen-bond donors (Lipinski definition) is 1. The quantitative estimate of drug-likeness (QED) is 0.863. The second-order valence-electron chi connectivity index (χ2n) is 5.39. The Bertz CT molecular complexity index is 459. The molecular weight excluding hydrogens is 268 g/mol. The van der Waals surface area contributed by atoms with E-state index in [0.717, 1.165) is 44.7 Å². The van der Waals surface area contributed by atoms with Gasteiger partial charge in [-0.05, 0) is 31.2 Å². The molecule has 21 heavy (non-hydrogen) atoms. The van der Waals surface area contributed by atoms with Gasteiger partial charge in [0.25, 0.3) is 0 Å². The number of rotatable bonds is 6. The van der Waals surface area contributed by atoms with Gasteiger partial charge in [0.05, 0.1) is 7.11 Å². The zero-order valence-electron chi connectivity index (χ0n) is 12.8. The van der Waals surface area contributed by atoms with Gasteiger partial charge < -0.3 is 15.0 Å². The van der Waals surface area contributed by atoms with E-state index in [0.29, 0.717) is 18.3 Å². The standard InChI is InChI=1S/C15H24N4O2/c1-3-7-16-14(20)11-12-5-9-19(10-6-12)13-4-8-17-15(18-13)21-2/h4,8,12H,3,5-7,9-11H2,1-2H3,(H,16,20). The minimum Gasteiger partial charge on any atom is -0.467 e. The van der Waals surface area contributed by atoms with Crippen LogP contribution in [0.2, 0.25) is 0 Å². The van der Waals surface area contributed by atoms with Crippen molar-refractivity contribution in [3.8, 4) is 6.01 Å². The van der Waals surface area contributed by atoms with E-state index >= 15 is 0 Å². The Hall–Kier alpha value is -1.85. The van der Waals surface area contributed by atoms with Crippen molar-refractivity contribution in [2.24, 2.45) is 5.92 Å². The summed E-state index contributed by atoms with van der Waals surface area (Å²) in [5, 5.41) is 2.95. The topological polar surface area (TPSA) is 67.4 Å². The number of nitrogens with one attached hydrogen (secondary N) is 1. The fourth-order valence-corrected chi connectivity index (χ4v) is 2.57. The van der Waals surface area contributed by atoms with Crippen molar-refractivity contribution in [2.75, 3.05) is 31.6 Å². The summed E-state index contributed by atoms with van der Waals surface area (Å²) in [6.45, 7) is 4.69. The first-order chi connectivity index (χ1) is 10.2. The first-order valence-electron chi connectivity index (χ1n) is 7.61. The summed E-state index contributed by atoms with van der Waals surface area (Å²) in [7, 11) is 1.57. The minimum absolute atomic E-state index is 0.180. The van der Waals surface area contributed by atoms with Crippen LogP contribution in [0.3, 0.4) is 0 Å². The zero-order chi connectivity index (χ0) is 15.1. The first-order valence-corrected chi connectivity index (χ1v) is 7.61. The summed E-state index contributed by atoms with van der Waals surface area (Å²) in [6, 6.07) is 2.30. The molecular formula is C15H24N4O2. The van der Waals surface area contributed by atoms with Crippen LogP contribution >= 0.6 is 0 Å². The van der Waals surface area contributed by atoms with Gasteiger partial charge in [-0.25, -0.2) is 4.98 Å². The highest BCUT2D eigenvalue weighted by molar-refractivity contribution is 5.76. The van der Waals surface area contributed by atoms with Crippen molar-refractivity contribution < 1.29 is 9.53 Å². The summed E-state index contributed by atoms with van der Waals surface area (Å²) in [6.07, 6.45) is 5.38. The number of anilines is 1. The van der Waals surface area contributed by atoms with Crippen LogP contribution in [0.15, 0.2) is 12.3 Å². The number of ether oxygens (including phenoxy) is 1. The monoisotopic (exact) mass is 292 g/mol. The average Bonchev–Trinajstić information content (AvgIpc) is 2.53. The summed E-state index contributed by atoms with van der Waals surface area (Å²) in [5.41, 5.74) is 0. The molecule has 1 N–H and O–H groups in total. The van der Waals surface area contributed by atoms with Gasteiger partial charge in [0.2, 0.25) is 5.91 Å². The van der Waals surface area contributed by atoms with E-state index in [4.69, 9.17) is 4.74 Å². The van der Waals surface area contributed by atoms with Gasteiger partial charge in [-0.15, -0.1) is 0 Å². The van der Waals surface area contributed by atoms with Crippen LogP contribution in [0.25, 0.3) is 0 Å². The fourth-order valence-electron chi connectivity index (χ4n) is 2.57. The second-order valence-corrected chi connectivity index (χ2v) is 5.39. The summed E-state index contributed by atoms with van der Waals surface area (Å²) < 4.78 is 5.06. The number of carbonyl (C=O) groups excluding carboxylic acids is 1. The Balaban J connectivity index is 1.81. The minimum atomic E-state index is 0.180. The number of carbonyl (C=O) groups is 1. The predicted octanol–water partition coefficient (Wildman–Crippen LogP) is 1.62. The highest BCUT2D eigenvalue weighted by Gasteiger charge is 2.22. The number of aromatic nitrogens is 2. The molecule has 1 aromatic heterocycles. The molecule has 0 aliphatic carbocycles. The second kappa shape index (κ2) is 7.81. The zero-order valence-corrected chi connectivity index (χ0v) is 12.8. The average molecular weight is 292 g/mol. The van der Waals surface area contributed by atoms with E-state index in [1.165, 1.54) is 0 Å². The molecule has 0 radical (unpaired) electrons. The van der Waals surface area contributed by atoms with E-state index in [-0.39, 0.29) is 5.91 Å². The molecule has 6 heteroatoms. The van der Waals surface area contributed by atoms with Crippen molar-refractivity contribution in [3.63, 3.8) is 0 Å². The van der Waals surface area contributed by atoms with Gasteiger partial charge in [0.1, 0.15) is 5.82 Å². The van der Waals surface area contributed by atoms with E-state index in [1.807, 2.05) is 6.07 Å². The number of piperidine rings is 1. The van der Waals surface area contributed by atoms with Gasteiger partial charge in [-0.1, -0.05) is 6.92 Å². The maximum Gasteiger partial charge on any atom is 0.318 e. The Morgan fingerprint density at radius 1 is 1.48 bits per heavy atom. The smallest absolute Gasteiger partial charge is 0.318 e. The normalized spacial score (nSPS) is 15.8. The molecule has 1 aliphatic rings. The summed E-state index contributed by atoms with van der Waals surface area (Å²) in [4.78, 5) is 22.3. The van der Waals surface area contributed by atoms with Gasteiger partial charge in [-0.2, -0.15) is 4.98 Å². The number of amides is 1. The van der Waals surface area contributed by atoms with E-state index in [9.17, 15) is 4.79 Å². The van der Waals surface area contributed by atoms with Gasteiger partial charge in [-0.3, -0.25) is 4.79 Å². The Labute approximate surface area is 125 Å². The highest BCUT2D eigenvalue weighted by atomic mass is 16.5. The molecule has 0 bridgehead atoms. The molecule has 1 aliphatic heterocycles. The van der Waals surface area contributed by atoms with Gasteiger partial charge in [0.15, 0.2) is 0 Å². The lowest BCUT2D eigenvalue weighted by atomic mass is 9.93. The Morgan fingerprint density at radius 3 is 2.90 bits per heavy atom. The summed E-state index contributed by atoms with van der Waals surface area (Å²) in [5.74, 6) is 1.55. The van der Waals surface area contributed by atoms with Crippen LogP contribution in [0.5, 0.6) is 6.01 Å². The van der Waals surface area contributed by atoms with Crippen LogP contribution in [0.4, 0.5) is 5.82 Å². The maximum absolute atomic E-state index is 11.7. The molecule has 0 unspecified atom stereocenters. The van der Waals surface area contributed by atoms with Crippen molar-refractivity contribution in [2.45, 2.75) is 32.6 Å². The Morgan fingerprint density at radius 2 is 2.24 bits per heavy atom. The van der Waals surface area contributed by atoms with Gasteiger partial charge >= 0.3 is 6.01 Å². The molecule has 1 saturated heterocycles. The van der Waals surface area contributed by atoms with Crippen molar-refractivity contribution in [1.82, 2.24) is 15.3 Å². The van der Waals surface area contributed by atoms with E-state index in [2.05, 4.69) is 27.1 Å². The van der Waals surface area contributed by atoms with Crippen LogP contribution in [-0.2, 0) is 4.79 Å². The van der Waals surface area contributed by atoms with Crippen molar-refractivity contribution >= 4 is 11.7 Å². The molecule has 0 atom stereocenters. The molecule has 1 amide bonds. The third-order valence-electron chi connectivity index (χ3n) is 3.79. The van der Waals surface area contributed by atoms with Crippen molar-refractivity contribution in [1.29, 1.82) is 0 Å². The van der Waals surface area contributed by atoms with Crippen LogP contribution in [0.1, 0.15) is 32.6 Å². The highest BCUT2D eigenvalue weighted by Crippen LogP contribution is 2.24. The molecule has 2 rings (SSSR count). The molecule has 0 saturated carbocycles. The molecule has 0 aromatic carbocycles. The number of hydrogen-bond acceptors (Lipinski definition) is 5. The van der Waals surface area contributed by atoms with E-state index < -0.39 is 0 Å². The first kappa shape index (κ1) is 15.5. The van der Waals surface area contributed by atoms with Crippen LogP contribution < -0.4 is 15.0 Å². The third kappa shape index (κ3) is 4.58. The van der Waals surface area contributed by atoms with E-state index in [1.54, 1.807) is 13.3 Å². The van der Waals surface area contributed by atoms with Crippen molar-refractivity contribution in [3.05, 3.63) is 12.3 Å². The lowest BCUT2D eigenvalue weighted by Crippen LogP contribution is -2.36. The lowest BCUT2D eigenvalue weighted by molar-refractivity contribution is -0.122. The number of nitrogens with zero attached hydrogens (tertiary/aromatic N) is 3. The summed E-state index contributed by atoms with van der Waals surface area (Å²) >= 11 is 0. The number of methoxy groups -OCH3 is 1.